The highest BCUT2D eigenvalue weighted by Crippen LogP contribution is 2.23. The molecule has 0 atom stereocenters. The Morgan fingerprint density at radius 3 is 2.47 bits per heavy atom. The first kappa shape index (κ1) is 11.8. The number of hydrogen-bond acceptors (Lipinski definition) is 3. The summed E-state index contributed by atoms with van der Waals surface area (Å²) in [5.74, 6) is 0.871. The van der Waals surface area contributed by atoms with Gasteiger partial charge in [-0.05, 0) is 24.0 Å². The van der Waals surface area contributed by atoms with Gasteiger partial charge in [0, 0.05) is 19.8 Å². The minimum absolute atomic E-state index is 0.244. The Hall–Kier alpha value is -1.25. The number of hydrogen-bond donors (Lipinski definition) is 1. The van der Waals surface area contributed by atoms with Crippen molar-refractivity contribution in [2.75, 3.05) is 24.2 Å². The van der Waals surface area contributed by atoms with Gasteiger partial charge >= 0.3 is 0 Å². The first-order valence-corrected chi connectivity index (χ1v) is 5.23. The Labute approximate surface area is 92.3 Å². The van der Waals surface area contributed by atoms with Crippen molar-refractivity contribution in [3.8, 4) is 0 Å². The van der Waals surface area contributed by atoms with Gasteiger partial charge in [0.2, 0.25) is 0 Å². The second kappa shape index (κ2) is 4.09. The molecule has 0 saturated heterocycles. The Kier molecular flexibility index (Phi) is 3.22. The SMILES string of the molecule is Cc1cnc(N(C)CC(C)(C)C)c(N)c1. The van der Waals surface area contributed by atoms with Crippen LogP contribution in [0, 0.1) is 12.3 Å². The van der Waals surface area contributed by atoms with Crippen molar-refractivity contribution in [1.82, 2.24) is 4.98 Å². The molecule has 3 heteroatoms. The number of nitrogens with two attached hydrogens (primary N) is 1. The van der Waals surface area contributed by atoms with E-state index in [4.69, 9.17) is 5.73 Å². The van der Waals surface area contributed by atoms with E-state index in [-0.39, 0.29) is 5.41 Å². The molecule has 1 heterocycles. The first-order valence-electron chi connectivity index (χ1n) is 5.23. The van der Waals surface area contributed by atoms with Crippen LogP contribution in [0.25, 0.3) is 0 Å². The van der Waals surface area contributed by atoms with Gasteiger partial charge in [0.15, 0.2) is 5.82 Å². The summed E-state index contributed by atoms with van der Waals surface area (Å²) in [7, 11) is 2.03. The van der Waals surface area contributed by atoms with Crippen LogP contribution < -0.4 is 10.6 Å². The van der Waals surface area contributed by atoms with E-state index in [1.54, 1.807) is 0 Å². The molecule has 0 radical (unpaired) electrons. The molecule has 0 aliphatic heterocycles. The molecular formula is C12H21N3. The maximum atomic E-state index is 5.94. The van der Waals surface area contributed by atoms with E-state index < -0.39 is 0 Å². The highest BCUT2D eigenvalue weighted by Gasteiger charge is 2.16. The number of nitrogen functional groups attached to an aromatic ring is 1. The number of rotatable bonds is 2. The minimum Gasteiger partial charge on any atom is -0.396 e. The van der Waals surface area contributed by atoms with Gasteiger partial charge in [0.25, 0.3) is 0 Å². The van der Waals surface area contributed by atoms with Gasteiger partial charge in [-0.15, -0.1) is 0 Å². The zero-order valence-electron chi connectivity index (χ0n) is 10.3. The highest BCUT2D eigenvalue weighted by molar-refractivity contribution is 5.62. The Morgan fingerprint density at radius 2 is 2.00 bits per heavy atom. The summed E-state index contributed by atoms with van der Waals surface area (Å²) in [5, 5.41) is 0. The third-order valence-corrected chi connectivity index (χ3v) is 2.10. The van der Waals surface area contributed by atoms with Crippen LogP contribution in [-0.4, -0.2) is 18.6 Å². The first-order chi connectivity index (χ1) is 6.79. The van der Waals surface area contributed by atoms with Gasteiger partial charge in [-0.2, -0.15) is 0 Å². The Morgan fingerprint density at radius 1 is 1.40 bits per heavy atom. The number of aryl methyl sites for hydroxylation is 1. The minimum atomic E-state index is 0.244. The molecule has 1 rings (SSSR count). The van der Waals surface area contributed by atoms with Crippen molar-refractivity contribution < 1.29 is 0 Å². The summed E-state index contributed by atoms with van der Waals surface area (Å²) in [6.45, 7) is 9.54. The van der Waals surface area contributed by atoms with Crippen LogP contribution in [0.4, 0.5) is 11.5 Å². The van der Waals surface area contributed by atoms with E-state index >= 15 is 0 Å². The van der Waals surface area contributed by atoms with E-state index in [0.29, 0.717) is 0 Å². The lowest BCUT2D eigenvalue weighted by atomic mass is 9.96. The fourth-order valence-electron chi connectivity index (χ4n) is 1.69. The monoisotopic (exact) mass is 207 g/mol. The molecule has 0 bridgehead atoms. The molecular weight excluding hydrogens is 186 g/mol. The van der Waals surface area contributed by atoms with E-state index in [2.05, 4.69) is 30.7 Å². The molecule has 2 N–H and O–H groups in total. The van der Waals surface area contributed by atoms with E-state index in [9.17, 15) is 0 Å². The van der Waals surface area contributed by atoms with Crippen LogP contribution in [-0.2, 0) is 0 Å². The smallest absolute Gasteiger partial charge is 0.151 e. The maximum absolute atomic E-state index is 5.94. The lowest BCUT2D eigenvalue weighted by Gasteiger charge is -2.28. The average molecular weight is 207 g/mol. The summed E-state index contributed by atoms with van der Waals surface area (Å²) in [6, 6.07) is 1.96. The predicted octanol–water partition coefficient (Wildman–Crippen LogP) is 2.45. The van der Waals surface area contributed by atoms with E-state index in [1.807, 2.05) is 26.2 Å². The fourth-order valence-corrected chi connectivity index (χ4v) is 1.69. The fraction of sp³-hybridized carbons (Fsp3) is 0.583. The molecule has 15 heavy (non-hydrogen) atoms. The summed E-state index contributed by atoms with van der Waals surface area (Å²) in [4.78, 5) is 6.47. The number of pyridine rings is 1. The summed E-state index contributed by atoms with van der Waals surface area (Å²) >= 11 is 0. The Balaban J connectivity index is 2.87. The van der Waals surface area contributed by atoms with Crippen LogP contribution in [0.15, 0.2) is 12.3 Å². The molecule has 0 amide bonds. The van der Waals surface area contributed by atoms with E-state index in [0.717, 1.165) is 23.6 Å². The van der Waals surface area contributed by atoms with Gasteiger partial charge in [-0.3, -0.25) is 0 Å². The third kappa shape index (κ3) is 3.42. The van der Waals surface area contributed by atoms with Crippen molar-refractivity contribution in [2.24, 2.45) is 5.41 Å². The Bertz CT molecular complexity index is 339. The van der Waals surface area contributed by atoms with Crippen molar-refractivity contribution in [2.45, 2.75) is 27.7 Å². The molecule has 0 aliphatic rings. The summed E-state index contributed by atoms with van der Waals surface area (Å²) in [6.07, 6.45) is 1.85. The number of nitrogens with zero attached hydrogens (tertiary/aromatic N) is 2. The zero-order valence-corrected chi connectivity index (χ0v) is 10.3. The van der Waals surface area contributed by atoms with Gasteiger partial charge in [0.1, 0.15) is 0 Å². The van der Waals surface area contributed by atoms with Crippen molar-refractivity contribution in [1.29, 1.82) is 0 Å². The topological polar surface area (TPSA) is 42.2 Å². The lowest BCUT2D eigenvalue weighted by molar-refractivity contribution is 0.418. The van der Waals surface area contributed by atoms with Crippen molar-refractivity contribution in [3.05, 3.63) is 17.8 Å². The largest absolute Gasteiger partial charge is 0.396 e. The third-order valence-electron chi connectivity index (χ3n) is 2.10. The zero-order chi connectivity index (χ0) is 11.6. The molecule has 84 valence electrons. The molecule has 3 nitrogen and oxygen atoms in total. The van der Waals surface area contributed by atoms with Crippen molar-refractivity contribution in [3.63, 3.8) is 0 Å². The molecule has 0 saturated carbocycles. The van der Waals surface area contributed by atoms with Gasteiger partial charge in [-0.1, -0.05) is 20.8 Å². The molecule has 0 aromatic carbocycles. The highest BCUT2D eigenvalue weighted by atomic mass is 15.2. The maximum Gasteiger partial charge on any atom is 0.151 e. The van der Waals surface area contributed by atoms with Gasteiger partial charge in [-0.25, -0.2) is 4.98 Å². The lowest BCUT2D eigenvalue weighted by Crippen LogP contribution is -2.30. The average Bonchev–Trinajstić information content (AvgIpc) is 1.99. The number of anilines is 2. The van der Waals surface area contributed by atoms with Gasteiger partial charge in [0.05, 0.1) is 5.69 Å². The van der Waals surface area contributed by atoms with Crippen LogP contribution in [0.3, 0.4) is 0 Å². The number of aromatic nitrogens is 1. The molecule has 0 aliphatic carbocycles. The standard InChI is InChI=1S/C12H21N3/c1-9-6-10(13)11(14-7-9)15(5)8-12(2,3)4/h6-7H,8,13H2,1-5H3. The quantitative estimate of drug-likeness (QED) is 0.810. The molecule has 0 fully saturated rings. The van der Waals surface area contributed by atoms with Crippen LogP contribution in [0.1, 0.15) is 26.3 Å². The van der Waals surface area contributed by atoms with E-state index in [1.165, 1.54) is 0 Å². The van der Waals surface area contributed by atoms with Crippen LogP contribution in [0.2, 0.25) is 0 Å². The van der Waals surface area contributed by atoms with Crippen LogP contribution >= 0.6 is 0 Å². The summed E-state index contributed by atoms with van der Waals surface area (Å²) < 4.78 is 0. The summed E-state index contributed by atoms with van der Waals surface area (Å²) in [5.41, 5.74) is 8.03. The predicted molar refractivity (Wildman–Crippen MR) is 66.1 cm³/mol. The van der Waals surface area contributed by atoms with Crippen molar-refractivity contribution >= 4 is 11.5 Å². The van der Waals surface area contributed by atoms with Crippen LogP contribution in [0.5, 0.6) is 0 Å². The molecule has 0 unspecified atom stereocenters. The second-order valence-electron chi connectivity index (χ2n) is 5.34. The normalized spacial score (nSPS) is 11.5. The second-order valence-corrected chi connectivity index (χ2v) is 5.34. The van der Waals surface area contributed by atoms with Gasteiger partial charge < -0.3 is 10.6 Å². The molecule has 1 aromatic rings. The molecule has 0 spiro atoms. The molecule has 1 aromatic heterocycles.